The third kappa shape index (κ3) is 4.50. The molecular formula is C12H19N5O4. The molecule has 0 saturated carbocycles. The van der Waals surface area contributed by atoms with Crippen molar-refractivity contribution in [3.05, 3.63) is 16.3 Å². The molecule has 0 aliphatic carbocycles. The largest absolute Gasteiger partial charge is 0.376 e. The Labute approximate surface area is 122 Å². The lowest BCUT2D eigenvalue weighted by atomic mass is 10.3. The predicted molar refractivity (Wildman–Crippen MR) is 76.5 cm³/mol. The van der Waals surface area contributed by atoms with Crippen molar-refractivity contribution in [3.8, 4) is 0 Å². The van der Waals surface area contributed by atoms with Gasteiger partial charge in [-0.15, -0.1) is 0 Å². The molecule has 1 fully saturated rings. The van der Waals surface area contributed by atoms with Crippen molar-refractivity contribution in [3.63, 3.8) is 0 Å². The Morgan fingerprint density at radius 2 is 2.33 bits per heavy atom. The van der Waals surface area contributed by atoms with Crippen LogP contribution < -0.4 is 10.6 Å². The van der Waals surface area contributed by atoms with Crippen LogP contribution in [0.2, 0.25) is 0 Å². The fraction of sp³-hybridized carbons (Fsp3) is 0.667. The maximum atomic E-state index is 11.0. The van der Waals surface area contributed by atoms with Crippen LogP contribution in [0.3, 0.4) is 0 Å². The van der Waals surface area contributed by atoms with Crippen LogP contribution in [-0.4, -0.2) is 53.9 Å². The fourth-order valence-corrected chi connectivity index (χ4v) is 1.83. The van der Waals surface area contributed by atoms with Crippen molar-refractivity contribution in [2.75, 3.05) is 43.5 Å². The number of ether oxygens (including phenoxy) is 2. The average molecular weight is 297 g/mol. The van der Waals surface area contributed by atoms with Crippen molar-refractivity contribution < 1.29 is 14.4 Å². The van der Waals surface area contributed by atoms with Gasteiger partial charge in [0.1, 0.15) is 6.20 Å². The molecule has 1 aromatic heterocycles. The summed E-state index contributed by atoms with van der Waals surface area (Å²) in [5, 5.41) is 16.9. The second-order valence-electron chi connectivity index (χ2n) is 4.56. The van der Waals surface area contributed by atoms with E-state index in [1.807, 2.05) is 6.92 Å². The van der Waals surface area contributed by atoms with E-state index in [2.05, 4.69) is 20.6 Å². The monoisotopic (exact) mass is 297 g/mol. The van der Waals surface area contributed by atoms with Gasteiger partial charge in [0.25, 0.3) is 0 Å². The Balaban J connectivity index is 2.04. The van der Waals surface area contributed by atoms with Crippen LogP contribution >= 0.6 is 0 Å². The van der Waals surface area contributed by atoms with Gasteiger partial charge in [-0.3, -0.25) is 10.1 Å². The van der Waals surface area contributed by atoms with E-state index in [4.69, 9.17) is 9.47 Å². The van der Waals surface area contributed by atoms with Crippen LogP contribution in [0.4, 0.5) is 17.5 Å². The first-order valence-electron chi connectivity index (χ1n) is 6.89. The highest BCUT2D eigenvalue weighted by Crippen LogP contribution is 2.22. The topological polar surface area (TPSA) is 111 Å². The number of nitrogens with zero attached hydrogens (tertiary/aromatic N) is 3. The van der Waals surface area contributed by atoms with E-state index in [9.17, 15) is 10.1 Å². The first kappa shape index (κ1) is 15.4. The molecule has 0 spiro atoms. The third-order valence-corrected chi connectivity index (χ3v) is 2.88. The molecule has 1 saturated heterocycles. The number of hydrogen-bond acceptors (Lipinski definition) is 8. The second kappa shape index (κ2) is 7.70. The second-order valence-corrected chi connectivity index (χ2v) is 4.56. The summed E-state index contributed by atoms with van der Waals surface area (Å²) >= 11 is 0. The van der Waals surface area contributed by atoms with Crippen molar-refractivity contribution in [1.29, 1.82) is 0 Å². The van der Waals surface area contributed by atoms with Crippen LogP contribution in [-0.2, 0) is 9.47 Å². The van der Waals surface area contributed by atoms with Crippen LogP contribution in [0.1, 0.15) is 13.3 Å². The Hall–Kier alpha value is -2.00. The molecule has 0 amide bonds. The molecule has 9 nitrogen and oxygen atoms in total. The van der Waals surface area contributed by atoms with E-state index < -0.39 is 4.92 Å². The Morgan fingerprint density at radius 3 is 3.00 bits per heavy atom. The zero-order valence-electron chi connectivity index (χ0n) is 11.9. The van der Waals surface area contributed by atoms with E-state index in [-0.39, 0.29) is 17.6 Å². The summed E-state index contributed by atoms with van der Waals surface area (Å²) in [6.07, 6.45) is 1.97. The average Bonchev–Trinajstić information content (AvgIpc) is 2.51. The van der Waals surface area contributed by atoms with Crippen molar-refractivity contribution >= 4 is 17.5 Å². The van der Waals surface area contributed by atoms with Gasteiger partial charge < -0.3 is 20.1 Å². The molecule has 0 aromatic carbocycles. The van der Waals surface area contributed by atoms with Gasteiger partial charge >= 0.3 is 5.69 Å². The molecule has 1 aliphatic rings. The normalized spacial score (nSPS) is 18.2. The van der Waals surface area contributed by atoms with Crippen LogP contribution in [0, 0.1) is 10.1 Å². The highest BCUT2D eigenvalue weighted by atomic mass is 16.6. The standard InChI is InChI=1S/C12H19N5O4/c1-2-3-13-12-15-7-10(17(18)19)11(16-12)14-6-9-8-20-4-5-21-9/h7,9H,2-6,8H2,1H3,(H2,13,14,15,16). The minimum atomic E-state index is -0.510. The van der Waals surface area contributed by atoms with Gasteiger partial charge in [0.15, 0.2) is 0 Å². The Bertz CT molecular complexity index is 479. The molecular weight excluding hydrogens is 278 g/mol. The number of nitrogens with one attached hydrogen (secondary N) is 2. The molecule has 1 atom stereocenters. The molecule has 0 bridgehead atoms. The number of anilines is 2. The predicted octanol–water partition coefficient (Wildman–Crippen LogP) is 1.03. The number of nitro groups is 1. The molecule has 1 aliphatic heterocycles. The summed E-state index contributed by atoms with van der Waals surface area (Å²) in [4.78, 5) is 18.6. The van der Waals surface area contributed by atoms with Gasteiger partial charge in [0.2, 0.25) is 11.8 Å². The summed E-state index contributed by atoms with van der Waals surface area (Å²) in [5.74, 6) is 0.550. The molecule has 1 aromatic rings. The van der Waals surface area contributed by atoms with E-state index in [1.165, 1.54) is 6.20 Å². The zero-order chi connectivity index (χ0) is 15.1. The van der Waals surface area contributed by atoms with Gasteiger partial charge in [-0.2, -0.15) is 4.98 Å². The Kier molecular flexibility index (Phi) is 5.64. The molecule has 2 N–H and O–H groups in total. The quantitative estimate of drug-likeness (QED) is 0.567. The van der Waals surface area contributed by atoms with Crippen molar-refractivity contribution in [1.82, 2.24) is 9.97 Å². The van der Waals surface area contributed by atoms with Gasteiger partial charge in [-0.05, 0) is 6.42 Å². The van der Waals surface area contributed by atoms with E-state index in [0.29, 0.717) is 38.9 Å². The summed E-state index contributed by atoms with van der Waals surface area (Å²) in [5.41, 5.74) is -0.159. The molecule has 21 heavy (non-hydrogen) atoms. The summed E-state index contributed by atoms with van der Waals surface area (Å²) in [6, 6.07) is 0. The molecule has 9 heteroatoms. The van der Waals surface area contributed by atoms with Gasteiger partial charge in [-0.1, -0.05) is 6.92 Å². The number of rotatable bonds is 7. The summed E-state index contributed by atoms with van der Waals surface area (Å²) in [6.45, 7) is 4.68. The van der Waals surface area contributed by atoms with Crippen LogP contribution in [0.25, 0.3) is 0 Å². The lowest BCUT2D eigenvalue weighted by Crippen LogP contribution is -2.34. The molecule has 2 rings (SSSR count). The fourth-order valence-electron chi connectivity index (χ4n) is 1.83. The van der Waals surface area contributed by atoms with E-state index >= 15 is 0 Å². The molecule has 2 heterocycles. The maximum absolute atomic E-state index is 11.0. The van der Waals surface area contributed by atoms with Crippen LogP contribution in [0.15, 0.2) is 6.20 Å². The van der Waals surface area contributed by atoms with Crippen molar-refractivity contribution in [2.45, 2.75) is 19.4 Å². The minimum absolute atomic E-state index is 0.139. The highest BCUT2D eigenvalue weighted by molar-refractivity contribution is 5.57. The Morgan fingerprint density at radius 1 is 1.48 bits per heavy atom. The lowest BCUT2D eigenvalue weighted by Gasteiger charge is -2.23. The lowest BCUT2D eigenvalue weighted by molar-refractivity contribution is -0.384. The maximum Gasteiger partial charge on any atom is 0.329 e. The highest BCUT2D eigenvalue weighted by Gasteiger charge is 2.20. The summed E-state index contributed by atoms with van der Waals surface area (Å²) < 4.78 is 10.8. The minimum Gasteiger partial charge on any atom is -0.376 e. The van der Waals surface area contributed by atoms with E-state index in [1.54, 1.807) is 0 Å². The molecule has 1 unspecified atom stereocenters. The smallest absolute Gasteiger partial charge is 0.329 e. The van der Waals surface area contributed by atoms with Gasteiger partial charge in [0.05, 0.1) is 30.8 Å². The summed E-state index contributed by atoms with van der Waals surface area (Å²) in [7, 11) is 0. The first-order chi connectivity index (χ1) is 10.2. The number of aromatic nitrogens is 2. The van der Waals surface area contributed by atoms with E-state index in [0.717, 1.165) is 6.42 Å². The van der Waals surface area contributed by atoms with Crippen LogP contribution in [0.5, 0.6) is 0 Å². The SMILES string of the molecule is CCCNc1ncc([N+](=O)[O-])c(NCC2COCCO2)n1. The molecule has 116 valence electrons. The van der Waals surface area contributed by atoms with Gasteiger partial charge in [0, 0.05) is 13.1 Å². The molecule has 0 radical (unpaired) electrons. The first-order valence-corrected chi connectivity index (χ1v) is 6.89. The zero-order valence-corrected chi connectivity index (χ0v) is 11.9. The van der Waals surface area contributed by atoms with Crippen molar-refractivity contribution in [2.24, 2.45) is 0 Å². The number of hydrogen-bond donors (Lipinski definition) is 2. The third-order valence-electron chi connectivity index (χ3n) is 2.88. The van der Waals surface area contributed by atoms with Gasteiger partial charge in [-0.25, -0.2) is 4.98 Å².